The van der Waals surface area contributed by atoms with Crippen LogP contribution >= 0.6 is 0 Å². The predicted octanol–water partition coefficient (Wildman–Crippen LogP) is 3.93. The van der Waals surface area contributed by atoms with Crippen molar-refractivity contribution in [2.45, 2.75) is 37.9 Å². The van der Waals surface area contributed by atoms with Crippen molar-refractivity contribution in [2.75, 3.05) is 62.7 Å². The fraction of sp³-hybridized carbons (Fsp3) is 0.438. The predicted molar refractivity (Wildman–Crippen MR) is 161 cm³/mol. The molecule has 3 aromatic rings. The Kier molecular flexibility index (Phi) is 7.94. The highest BCUT2D eigenvalue weighted by molar-refractivity contribution is 5.94. The van der Waals surface area contributed by atoms with Gasteiger partial charge in [-0.05, 0) is 62.5 Å². The number of likely N-dealkylation sites (tertiary alicyclic amines) is 1. The summed E-state index contributed by atoms with van der Waals surface area (Å²) < 4.78 is 20.5. The summed E-state index contributed by atoms with van der Waals surface area (Å²) in [6.07, 6.45) is 4.26. The number of piperazine rings is 1. The quantitative estimate of drug-likeness (QED) is 0.316. The van der Waals surface area contributed by atoms with Gasteiger partial charge in [-0.15, -0.1) is 0 Å². The van der Waals surface area contributed by atoms with Crippen LogP contribution in [0.5, 0.6) is 6.01 Å². The molecule has 0 N–H and O–H groups in total. The number of amides is 1. The van der Waals surface area contributed by atoms with Gasteiger partial charge in [0.2, 0.25) is 12.5 Å². The van der Waals surface area contributed by atoms with Gasteiger partial charge in [0.25, 0.3) is 0 Å². The average Bonchev–Trinajstić information content (AvgIpc) is 3.43. The number of benzene rings is 2. The summed E-state index contributed by atoms with van der Waals surface area (Å²) >= 11 is 0. The van der Waals surface area contributed by atoms with Crippen LogP contribution in [-0.2, 0) is 17.8 Å². The Morgan fingerprint density at radius 2 is 2.05 bits per heavy atom. The molecule has 0 aliphatic carbocycles. The van der Waals surface area contributed by atoms with Gasteiger partial charge in [-0.1, -0.05) is 24.8 Å². The zero-order valence-electron chi connectivity index (χ0n) is 24.0. The molecule has 218 valence electrons. The van der Waals surface area contributed by atoms with Crippen LogP contribution in [0.15, 0.2) is 49.1 Å². The van der Waals surface area contributed by atoms with Crippen molar-refractivity contribution < 1.29 is 13.9 Å². The summed E-state index contributed by atoms with van der Waals surface area (Å²) in [4.78, 5) is 34.5. The topological polar surface area (TPSA) is 69.4 Å². The van der Waals surface area contributed by atoms with Crippen molar-refractivity contribution in [3.63, 3.8) is 0 Å². The van der Waals surface area contributed by atoms with Gasteiger partial charge in [0.1, 0.15) is 24.3 Å². The number of carbonyl (C=O) groups excluding carboxylic acids is 1. The maximum Gasteiger partial charge on any atom is 0.318 e. The number of hydrogen-bond acceptors (Lipinski definition) is 7. The molecule has 0 bridgehead atoms. The third kappa shape index (κ3) is 5.49. The zero-order valence-corrected chi connectivity index (χ0v) is 24.0. The number of aromatic nitrogens is 2. The molecule has 3 aliphatic rings. The SMILES string of the molecule is [C-]#[N+]CC1CN(c2nc(OC[C@@H]3CCCN3C)nc3c2CCN(c2cccc4ccc(F)cc24)C3)CCN1C(=O)C=C. The highest BCUT2D eigenvalue weighted by Gasteiger charge is 2.35. The van der Waals surface area contributed by atoms with E-state index in [4.69, 9.17) is 21.3 Å². The maximum absolute atomic E-state index is 14.2. The van der Waals surface area contributed by atoms with Gasteiger partial charge in [0.15, 0.2) is 0 Å². The highest BCUT2D eigenvalue weighted by atomic mass is 19.1. The summed E-state index contributed by atoms with van der Waals surface area (Å²) in [5, 5.41) is 1.87. The molecule has 4 heterocycles. The molecule has 0 spiro atoms. The van der Waals surface area contributed by atoms with Gasteiger partial charge in [-0.2, -0.15) is 9.97 Å². The van der Waals surface area contributed by atoms with Crippen molar-refractivity contribution in [1.29, 1.82) is 0 Å². The number of halogens is 1. The van der Waals surface area contributed by atoms with Crippen LogP contribution in [0, 0.1) is 12.4 Å². The minimum atomic E-state index is -0.257. The van der Waals surface area contributed by atoms with E-state index < -0.39 is 0 Å². The Balaban J connectivity index is 1.33. The minimum Gasteiger partial charge on any atom is -0.462 e. The first-order valence-electron chi connectivity index (χ1n) is 14.6. The number of ether oxygens (including phenoxy) is 1. The normalized spacial score (nSPS) is 20.8. The molecule has 2 fully saturated rings. The second-order valence-electron chi connectivity index (χ2n) is 11.3. The van der Waals surface area contributed by atoms with Gasteiger partial charge in [0.05, 0.1) is 12.2 Å². The van der Waals surface area contributed by atoms with Crippen molar-refractivity contribution >= 4 is 28.2 Å². The Hall–Kier alpha value is -4.23. The Bertz CT molecular complexity index is 1540. The number of rotatable bonds is 7. The first-order valence-corrected chi connectivity index (χ1v) is 14.6. The molecule has 2 aromatic carbocycles. The van der Waals surface area contributed by atoms with E-state index in [9.17, 15) is 9.18 Å². The monoisotopic (exact) mass is 569 g/mol. The molecule has 0 saturated carbocycles. The standard InChI is InChI=1S/C32H36FN7O2/c1-4-30(41)40-16-15-39(19-25(40)18-34-2)31-26-12-14-38(29-9-5-7-22-10-11-23(33)17-27(22)29)20-28(26)35-32(36-31)42-21-24-8-6-13-37(24)3/h4-5,7,9-11,17,24-25H,1,6,8,12-16,18-21H2,3H3/t24-,25?/m0/s1. The van der Waals surface area contributed by atoms with Gasteiger partial charge >= 0.3 is 6.01 Å². The number of nitrogens with zero attached hydrogens (tertiary/aromatic N) is 7. The summed E-state index contributed by atoms with van der Waals surface area (Å²) in [6, 6.07) is 11.4. The number of hydrogen-bond donors (Lipinski definition) is 0. The lowest BCUT2D eigenvalue weighted by molar-refractivity contribution is -0.128. The largest absolute Gasteiger partial charge is 0.462 e. The van der Waals surface area contributed by atoms with Crippen LogP contribution < -0.4 is 14.5 Å². The second kappa shape index (κ2) is 11.9. The molecule has 1 aromatic heterocycles. The third-order valence-electron chi connectivity index (χ3n) is 8.80. The first-order chi connectivity index (χ1) is 20.4. The lowest BCUT2D eigenvalue weighted by Gasteiger charge is -2.41. The van der Waals surface area contributed by atoms with Gasteiger partial charge in [-0.3, -0.25) is 4.79 Å². The van der Waals surface area contributed by atoms with E-state index in [0.29, 0.717) is 51.3 Å². The van der Waals surface area contributed by atoms with E-state index in [2.05, 4.69) is 33.2 Å². The Morgan fingerprint density at radius 1 is 1.17 bits per heavy atom. The fourth-order valence-electron chi connectivity index (χ4n) is 6.50. The zero-order chi connectivity index (χ0) is 29.2. The lowest BCUT2D eigenvalue weighted by atomic mass is 10.0. The average molecular weight is 570 g/mol. The molecule has 10 heteroatoms. The van der Waals surface area contributed by atoms with E-state index in [1.54, 1.807) is 11.0 Å². The van der Waals surface area contributed by atoms with Crippen LogP contribution in [0.1, 0.15) is 24.1 Å². The summed E-state index contributed by atoms with van der Waals surface area (Å²) in [5.74, 6) is 0.409. The number of fused-ring (bicyclic) bond motifs is 2. The number of likely N-dealkylation sites (N-methyl/N-ethyl adjacent to an activating group) is 1. The lowest BCUT2D eigenvalue weighted by Crippen LogP contribution is -2.56. The summed E-state index contributed by atoms with van der Waals surface area (Å²) in [7, 11) is 2.12. The van der Waals surface area contributed by atoms with E-state index in [1.165, 1.54) is 12.1 Å². The van der Waals surface area contributed by atoms with E-state index in [0.717, 1.165) is 59.5 Å². The molecule has 3 aliphatic heterocycles. The van der Waals surface area contributed by atoms with Gasteiger partial charge in [-0.25, -0.2) is 11.0 Å². The van der Waals surface area contributed by atoms with Crippen LogP contribution in [0.3, 0.4) is 0 Å². The maximum atomic E-state index is 14.2. The molecule has 1 unspecified atom stereocenters. The summed E-state index contributed by atoms with van der Waals surface area (Å²) in [5.41, 5.74) is 2.93. The van der Waals surface area contributed by atoms with Crippen molar-refractivity contribution in [2.24, 2.45) is 0 Å². The van der Waals surface area contributed by atoms with Gasteiger partial charge in [0, 0.05) is 48.9 Å². The summed E-state index contributed by atoms with van der Waals surface area (Å²) in [6.45, 7) is 15.8. The van der Waals surface area contributed by atoms with E-state index >= 15 is 0 Å². The third-order valence-corrected chi connectivity index (χ3v) is 8.80. The molecule has 1 amide bonds. The highest BCUT2D eigenvalue weighted by Crippen LogP contribution is 2.35. The molecule has 9 nitrogen and oxygen atoms in total. The first kappa shape index (κ1) is 27.9. The van der Waals surface area contributed by atoms with Crippen LogP contribution in [-0.4, -0.2) is 90.7 Å². The number of anilines is 2. The van der Waals surface area contributed by atoms with Crippen LogP contribution in [0.2, 0.25) is 0 Å². The van der Waals surface area contributed by atoms with Crippen LogP contribution in [0.4, 0.5) is 15.9 Å². The van der Waals surface area contributed by atoms with Crippen molar-refractivity contribution in [3.8, 4) is 6.01 Å². The second-order valence-corrected chi connectivity index (χ2v) is 11.3. The molecule has 2 saturated heterocycles. The number of carbonyl (C=O) groups is 1. The Labute approximate surface area is 246 Å². The minimum absolute atomic E-state index is 0.153. The van der Waals surface area contributed by atoms with E-state index in [1.807, 2.05) is 24.3 Å². The molecule has 42 heavy (non-hydrogen) atoms. The van der Waals surface area contributed by atoms with Crippen molar-refractivity contribution in [1.82, 2.24) is 19.8 Å². The molecule has 0 radical (unpaired) electrons. The Morgan fingerprint density at radius 3 is 2.83 bits per heavy atom. The molecule has 2 atom stereocenters. The molecular formula is C32H36FN7O2. The van der Waals surface area contributed by atoms with Gasteiger partial charge < -0.3 is 29.2 Å². The molecular weight excluding hydrogens is 533 g/mol. The van der Waals surface area contributed by atoms with Crippen molar-refractivity contribution in [3.05, 3.63) is 77.5 Å². The fourth-order valence-corrected chi connectivity index (χ4v) is 6.50. The van der Waals surface area contributed by atoms with Crippen LogP contribution in [0.25, 0.3) is 15.6 Å². The smallest absolute Gasteiger partial charge is 0.318 e. The molecule has 6 rings (SSSR count). The van der Waals surface area contributed by atoms with E-state index in [-0.39, 0.29) is 24.3 Å².